The molecule has 1 N–H and O–H groups in total. The molecule has 1 fully saturated rings. The van der Waals surface area contributed by atoms with E-state index in [2.05, 4.69) is 5.32 Å². The molecular formula is C12H18ClN3O5S. The van der Waals surface area contributed by atoms with Crippen molar-refractivity contribution in [1.29, 1.82) is 0 Å². The highest BCUT2D eigenvalue weighted by molar-refractivity contribution is 7.89. The zero-order valence-electron chi connectivity index (χ0n) is 12.2. The molecule has 2 rings (SSSR count). The van der Waals surface area contributed by atoms with Gasteiger partial charge in [0.15, 0.2) is 5.75 Å². The number of sulfonamides is 1. The first-order valence-electron chi connectivity index (χ1n) is 6.43. The molecule has 0 radical (unpaired) electrons. The number of methoxy groups -OCH3 is 1. The molecule has 0 aliphatic carbocycles. The van der Waals surface area contributed by atoms with E-state index in [1.165, 1.54) is 23.5 Å². The lowest BCUT2D eigenvalue weighted by molar-refractivity contribution is -0.386. The number of benzene rings is 1. The van der Waals surface area contributed by atoms with Gasteiger partial charge < -0.3 is 10.1 Å². The van der Waals surface area contributed by atoms with E-state index in [1.54, 1.807) is 6.92 Å². The summed E-state index contributed by atoms with van der Waals surface area (Å²) in [6.45, 7) is 3.24. The Hall–Kier alpha value is -1.42. The molecule has 1 atom stereocenters. The molecule has 1 aromatic rings. The van der Waals surface area contributed by atoms with Crippen molar-refractivity contribution in [3.05, 3.63) is 28.3 Å². The van der Waals surface area contributed by atoms with Crippen molar-refractivity contribution < 1.29 is 18.1 Å². The standard InChI is InChI=1S/C12H17N3O5S.ClH/c1-9-8-13-5-6-14(9)21(18,19)10-3-4-12(20-2)11(7-10)15(16)17;/h3-4,7,9,13H,5-6,8H2,1-2H3;1H/t9-;/m1./s1. The SMILES string of the molecule is COc1ccc(S(=O)(=O)N2CCNC[C@H]2C)cc1[N+](=O)[O-].Cl. The molecule has 8 nitrogen and oxygen atoms in total. The van der Waals surface area contributed by atoms with Gasteiger partial charge in [0.2, 0.25) is 10.0 Å². The van der Waals surface area contributed by atoms with Gasteiger partial charge in [0.05, 0.1) is 16.9 Å². The predicted molar refractivity (Wildman–Crippen MR) is 83.1 cm³/mol. The van der Waals surface area contributed by atoms with Crippen LogP contribution in [0.2, 0.25) is 0 Å². The highest BCUT2D eigenvalue weighted by atomic mass is 35.5. The van der Waals surface area contributed by atoms with Crippen LogP contribution in [-0.4, -0.2) is 50.4 Å². The molecule has 22 heavy (non-hydrogen) atoms. The molecule has 1 aliphatic rings. The minimum Gasteiger partial charge on any atom is -0.490 e. The zero-order valence-corrected chi connectivity index (χ0v) is 13.8. The van der Waals surface area contributed by atoms with Crippen molar-refractivity contribution in [3.8, 4) is 5.75 Å². The van der Waals surface area contributed by atoms with Crippen LogP contribution in [0.15, 0.2) is 23.1 Å². The molecule has 1 saturated heterocycles. The van der Waals surface area contributed by atoms with Crippen LogP contribution in [0.4, 0.5) is 5.69 Å². The summed E-state index contributed by atoms with van der Waals surface area (Å²) in [5.41, 5.74) is -0.360. The number of piperazine rings is 1. The normalized spacial score (nSPS) is 19.3. The maximum Gasteiger partial charge on any atom is 0.312 e. The third-order valence-corrected chi connectivity index (χ3v) is 5.40. The van der Waals surface area contributed by atoms with E-state index >= 15 is 0 Å². The predicted octanol–water partition coefficient (Wildman–Crippen LogP) is 1.01. The lowest BCUT2D eigenvalue weighted by atomic mass is 10.3. The fourth-order valence-corrected chi connectivity index (χ4v) is 3.94. The zero-order chi connectivity index (χ0) is 15.6. The molecule has 1 heterocycles. The van der Waals surface area contributed by atoms with E-state index < -0.39 is 14.9 Å². The lowest BCUT2D eigenvalue weighted by Gasteiger charge is -2.32. The number of hydrogen-bond acceptors (Lipinski definition) is 6. The number of rotatable bonds is 4. The first-order valence-corrected chi connectivity index (χ1v) is 7.87. The van der Waals surface area contributed by atoms with Crippen LogP contribution in [0.25, 0.3) is 0 Å². The monoisotopic (exact) mass is 351 g/mol. The van der Waals surface area contributed by atoms with Gasteiger partial charge in [-0.15, -0.1) is 12.4 Å². The number of nitro groups is 1. The van der Waals surface area contributed by atoms with Crippen molar-refractivity contribution in [2.24, 2.45) is 0 Å². The fraction of sp³-hybridized carbons (Fsp3) is 0.500. The summed E-state index contributed by atoms with van der Waals surface area (Å²) in [6.07, 6.45) is 0. The average Bonchev–Trinajstić information content (AvgIpc) is 2.46. The number of nitro benzene ring substituents is 1. The van der Waals surface area contributed by atoms with Crippen LogP contribution >= 0.6 is 12.4 Å². The van der Waals surface area contributed by atoms with Crippen molar-refractivity contribution >= 4 is 28.1 Å². The summed E-state index contributed by atoms with van der Waals surface area (Å²) < 4.78 is 31.5. The summed E-state index contributed by atoms with van der Waals surface area (Å²) >= 11 is 0. The highest BCUT2D eigenvalue weighted by Gasteiger charge is 2.32. The van der Waals surface area contributed by atoms with Crippen LogP contribution < -0.4 is 10.1 Å². The molecule has 0 saturated carbocycles. The van der Waals surface area contributed by atoms with E-state index in [0.29, 0.717) is 19.6 Å². The molecule has 1 aliphatic heterocycles. The molecule has 0 aromatic heterocycles. The fourth-order valence-electron chi connectivity index (χ4n) is 2.29. The topological polar surface area (TPSA) is 102 Å². The Bertz CT molecular complexity index is 652. The van der Waals surface area contributed by atoms with E-state index in [9.17, 15) is 18.5 Å². The minimum atomic E-state index is -3.76. The van der Waals surface area contributed by atoms with Gasteiger partial charge in [0.25, 0.3) is 0 Å². The summed E-state index contributed by atoms with van der Waals surface area (Å²) in [5, 5.41) is 14.1. The second kappa shape index (κ2) is 7.23. The average molecular weight is 352 g/mol. The van der Waals surface area contributed by atoms with E-state index in [-0.39, 0.29) is 34.8 Å². The van der Waals surface area contributed by atoms with Crippen LogP contribution in [-0.2, 0) is 10.0 Å². The first kappa shape index (κ1) is 18.6. The van der Waals surface area contributed by atoms with Crippen molar-refractivity contribution in [1.82, 2.24) is 9.62 Å². The van der Waals surface area contributed by atoms with Gasteiger partial charge in [0, 0.05) is 31.7 Å². The van der Waals surface area contributed by atoms with Gasteiger partial charge in [-0.3, -0.25) is 10.1 Å². The molecule has 1 aromatic carbocycles. The van der Waals surface area contributed by atoms with Crippen molar-refractivity contribution in [2.45, 2.75) is 17.9 Å². The van der Waals surface area contributed by atoms with Crippen LogP contribution in [0.3, 0.4) is 0 Å². The molecule has 10 heteroatoms. The van der Waals surface area contributed by atoms with Gasteiger partial charge >= 0.3 is 5.69 Å². The Labute approximate surface area is 135 Å². The second-order valence-electron chi connectivity index (χ2n) is 4.76. The quantitative estimate of drug-likeness (QED) is 0.641. The molecule has 0 unspecified atom stereocenters. The van der Waals surface area contributed by atoms with Crippen molar-refractivity contribution in [3.63, 3.8) is 0 Å². The first-order chi connectivity index (χ1) is 9.87. The lowest BCUT2D eigenvalue weighted by Crippen LogP contribution is -2.52. The summed E-state index contributed by atoms with van der Waals surface area (Å²) in [4.78, 5) is 10.3. The molecule has 124 valence electrons. The Morgan fingerprint density at radius 2 is 2.14 bits per heavy atom. The van der Waals surface area contributed by atoms with Crippen LogP contribution in [0.1, 0.15) is 6.92 Å². The van der Waals surface area contributed by atoms with Crippen LogP contribution in [0.5, 0.6) is 5.75 Å². The van der Waals surface area contributed by atoms with Gasteiger partial charge in [-0.1, -0.05) is 0 Å². The van der Waals surface area contributed by atoms with Gasteiger partial charge in [-0.2, -0.15) is 4.31 Å². The number of nitrogens with zero attached hydrogens (tertiary/aromatic N) is 2. The van der Waals surface area contributed by atoms with Crippen LogP contribution in [0, 0.1) is 10.1 Å². The third-order valence-electron chi connectivity index (χ3n) is 3.39. The minimum absolute atomic E-state index is 0. The second-order valence-corrected chi connectivity index (χ2v) is 6.65. The van der Waals surface area contributed by atoms with Crippen molar-refractivity contribution in [2.75, 3.05) is 26.7 Å². The van der Waals surface area contributed by atoms with E-state index in [4.69, 9.17) is 4.74 Å². The number of halogens is 1. The molecule has 0 spiro atoms. The Morgan fingerprint density at radius 3 is 2.68 bits per heavy atom. The highest BCUT2D eigenvalue weighted by Crippen LogP contribution is 2.31. The van der Waals surface area contributed by atoms with E-state index in [1.807, 2.05) is 0 Å². The Kier molecular flexibility index (Phi) is 6.12. The summed E-state index contributed by atoms with van der Waals surface area (Å²) in [7, 11) is -2.46. The van der Waals surface area contributed by atoms with Gasteiger partial charge in [-0.05, 0) is 19.1 Å². The molecule has 0 amide bonds. The number of nitrogens with one attached hydrogen (secondary N) is 1. The van der Waals surface area contributed by atoms with Gasteiger partial charge in [0.1, 0.15) is 0 Å². The third kappa shape index (κ3) is 3.49. The molecule has 0 bridgehead atoms. The summed E-state index contributed by atoms with van der Waals surface area (Å²) in [6, 6.07) is 3.47. The molecular weight excluding hydrogens is 334 g/mol. The Morgan fingerprint density at radius 1 is 1.45 bits per heavy atom. The largest absolute Gasteiger partial charge is 0.490 e. The van der Waals surface area contributed by atoms with E-state index in [0.717, 1.165) is 6.07 Å². The summed E-state index contributed by atoms with van der Waals surface area (Å²) in [5.74, 6) is 0.0345. The van der Waals surface area contributed by atoms with Gasteiger partial charge in [-0.25, -0.2) is 8.42 Å². The maximum absolute atomic E-state index is 12.6. The maximum atomic E-state index is 12.6. The Balaban J connectivity index is 0.00000242. The number of ether oxygens (including phenoxy) is 1. The smallest absolute Gasteiger partial charge is 0.312 e. The number of hydrogen-bond donors (Lipinski definition) is 1.